The Morgan fingerprint density at radius 3 is 2.47 bits per heavy atom. The first-order valence-electron chi connectivity index (χ1n) is 4.90. The minimum Gasteiger partial charge on any atom is -0.481 e. The lowest BCUT2D eigenvalue weighted by Gasteiger charge is -1.99. The number of nitrogen functional groups attached to an aromatic ring is 1. The molecule has 88 valence electrons. The third-order valence-corrected chi connectivity index (χ3v) is 1.87. The van der Waals surface area contributed by atoms with Crippen LogP contribution < -0.4 is 5.73 Å². The lowest BCUT2D eigenvalue weighted by Crippen LogP contribution is -2.12. The van der Waals surface area contributed by atoms with Gasteiger partial charge in [0, 0.05) is 12.3 Å². The van der Waals surface area contributed by atoms with Crippen molar-refractivity contribution >= 4 is 22.7 Å². The predicted octanol–water partition coefficient (Wildman–Crippen LogP) is 1.61. The summed E-state index contributed by atoms with van der Waals surface area (Å²) in [4.78, 5) is 13.2. The Morgan fingerprint density at radius 2 is 1.88 bits per heavy atom. The number of para-hydroxylation sites is 1. The number of benzene rings is 1. The number of aromatic nitrogens is 1. The fourth-order valence-electron chi connectivity index (χ4n) is 1.22. The Balaban J connectivity index is 0.000000317. The average Bonchev–Trinajstić information content (AvgIpc) is 2.27. The molecule has 2 rings (SSSR count). The monoisotopic (exact) mass is 231 g/mol. The second-order valence-electron chi connectivity index (χ2n) is 3.32. The molecule has 1 heterocycles. The summed E-state index contributed by atoms with van der Waals surface area (Å²) in [6, 6.07) is 11.4. The molecule has 0 spiro atoms. The van der Waals surface area contributed by atoms with Crippen molar-refractivity contribution in [2.75, 3.05) is 0 Å². The summed E-state index contributed by atoms with van der Waals surface area (Å²) in [7, 11) is 0. The molecule has 0 saturated heterocycles. The summed E-state index contributed by atoms with van der Waals surface area (Å²) in [5.74, 6) is -0.828. The van der Waals surface area contributed by atoms with Gasteiger partial charge >= 0.3 is 0 Å². The van der Waals surface area contributed by atoms with Crippen LogP contribution in [0.15, 0.2) is 36.4 Å². The number of carboxylic acid groups (broad SMARTS) is 1. The molecule has 5 nitrogen and oxygen atoms in total. The van der Waals surface area contributed by atoms with E-state index in [0.717, 1.165) is 17.8 Å². The van der Waals surface area contributed by atoms with Crippen LogP contribution in [0, 0.1) is 5.41 Å². The highest BCUT2D eigenvalue weighted by molar-refractivity contribution is 5.95. The molecular formula is C12H13N3O2. The molecule has 0 radical (unpaired) electrons. The highest BCUT2D eigenvalue weighted by Crippen LogP contribution is 2.10. The van der Waals surface area contributed by atoms with Crippen LogP contribution in [0.5, 0.6) is 0 Å². The van der Waals surface area contributed by atoms with Gasteiger partial charge in [0.25, 0.3) is 5.97 Å². The first kappa shape index (κ1) is 12.6. The molecule has 1 aromatic carbocycles. The molecule has 0 aliphatic heterocycles. The van der Waals surface area contributed by atoms with Gasteiger partial charge in [0.05, 0.1) is 5.52 Å². The number of rotatable bonds is 1. The highest BCUT2D eigenvalue weighted by atomic mass is 16.4. The molecule has 0 unspecified atom stereocenters. The van der Waals surface area contributed by atoms with E-state index in [0.29, 0.717) is 5.69 Å². The molecule has 0 aliphatic carbocycles. The van der Waals surface area contributed by atoms with Gasteiger partial charge in [0.2, 0.25) is 0 Å². The summed E-state index contributed by atoms with van der Waals surface area (Å²) < 4.78 is 0. The number of hydrogen-bond acceptors (Lipinski definition) is 3. The molecule has 0 aliphatic rings. The maximum Gasteiger partial charge on any atom is 0.300 e. The van der Waals surface area contributed by atoms with Crippen molar-refractivity contribution in [1.29, 1.82) is 5.41 Å². The minimum atomic E-state index is -0.833. The number of nitrogens with two attached hydrogens (primary N) is 1. The average molecular weight is 231 g/mol. The number of carboxylic acids is 1. The molecule has 1 aromatic heterocycles. The molecule has 0 saturated carbocycles. The zero-order chi connectivity index (χ0) is 12.8. The van der Waals surface area contributed by atoms with E-state index in [2.05, 4.69) is 4.98 Å². The zero-order valence-electron chi connectivity index (χ0n) is 9.34. The van der Waals surface area contributed by atoms with Crippen molar-refractivity contribution in [3.05, 3.63) is 42.1 Å². The Kier molecular flexibility index (Phi) is 4.16. The van der Waals surface area contributed by atoms with Crippen molar-refractivity contribution in [3.8, 4) is 0 Å². The van der Waals surface area contributed by atoms with E-state index in [4.69, 9.17) is 21.0 Å². The van der Waals surface area contributed by atoms with Crippen LogP contribution in [-0.4, -0.2) is 21.9 Å². The van der Waals surface area contributed by atoms with E-state index in [1.54, 1.807) is 6.07 Å². The Bertz CT molecular complexity index is 548. The molecule has 0 atom stereocenters. The number of fused-ring (bicyclic) bond motifs is 1. The molecule has 17 heavy (non-hydrogen) atoms. The number of pyridine rings is 1. The van der Waals surface area contributed by atoms with E-state index in [-0.39, 0.29) is 5.84 Å². The van der Waals surface area contributed by atoms with Gasteiger partial charge in [-0.3, -0.25) is 10.2 Å². The van der Waals surface area contributed by atoms with Gasteiger partial charge in [-0.25, -0.2) is 4.98 Å². The van der Waals surface area contributed by atoms with Crippen LogP contribution in [0.4, 0.5) is 0 Å². The second kappa shape index (κ2) is 5.60. The van der Waals surface area contributed by atoms with Gasteiger partial charge in [-0.15, -0.1) is 0 Å². The summed E-state index contributed by atoms with van der Waals surface area (Å²) in [6.07, 6.45) is 0. The lowest BCUT2D eigenvalue weighted by atomic mass is 10.2. The van der Waals surface area contributed by atoms with E-state index >= 15 is 0 Å². The molecule has 5 heteroatoms. The number of amidine groups is 1. The van der Waals surface area contributed by atoms with Crippen LogP contribution in [-0.2, 0) is 4.79 Å². The van der Waals surface area contributed by atoms with E-state index in [1.165, 1.54) is 0 Å². The number of carbonyl (C=O) groups is 1. The lowest BCUT2D eigenvalue weighted by molar-refractivity contribution is -0.134. The largest absolute Gasteiger partial charge is 0.481 e. The molecule has 0 amide bonds. The van der Waals surface area contributed by atoms with E-state index in [9.17, 15) is 0 Å². The van der Waals surface area contributed by atoms with Crippen molar-refractivity contribution in [2.45, 2.75) is 6.92 Å². The normalized spacial score (nSPS) is 9.24. The maximum atomic E-state index is 9.00. The first-order chi connectivity index (χ1) is 8.00. The Labute approximate surface area is 98.4 Å². The molecular weight excluding hydrogens is 218 g/mol. The van der Waals surface area contributed by atoms with Gasteiger partial charge in [-0.05, 0) is 12.1 Å². The maximum absolute atomic E-state index is 9.00. The van der Waals surface area contributed by atoms with Crippen molar-refractivity contribution < 1.29 is 9.90 Å². The number of nitrogens with one attached hydrogen (secondary N) is 1. The van der Waals surface area contributed by atoms with Crippen LogP contribution in [0.2, 0.25) is 0 Å². The fourth-order valence-corrected chi connectivity index (χ4v) is 1.22. The van der Waals surface area contributed by atoms with Gasteiger partial charge in [0.1, 0.15) is 11.5 Å². The highest BCUT2D eigenvalue weighted by Gasteiger charge is 1.98. The third kappa shape index (κ3) is 3.90. The predicted molar refractivity (Wildman–Crippen MR) is 66.1 cm³/mol. The van der Waals surface area contributed by atoms with Crippen LogP contribution in [0.1, 0.15) is 12.6 Å². The Hall–Kier alpha value is -2.43. The van der Waals surface area contributed by atoms with Gasteiger partial charge < -0.3 is 10.8 Å². The number of nitrogens with zero attached hydrogens (tertiary/aromatic N) is 1. The molecule has 4 N–H and O–H groups in total. The van der Waals surface area contributed by atoms with Gasteiger partial charge in [0.15, 0.2) is 0 Å². The Morgan fingerprint density at radius 1 is 1.29 bits per heavy atom. The first-order valence-corrected chi connectivity index (χ1v) is 4.90. The van der Waals surface area contributed by atoms with Crippen LogP contribution >= 0.6 is 0 Å². The summed E-state index contributed by atoms with van der Waals surface area (Å²) in [5, 5.41) is 15.7. The van der Waals surface area contributed by atoms with Gasteiger partial charge in [-0.1, -0.05) is 24.3 Å². The van der Waals surface area contributed by atoms with Crippen LogP contribution in [0.25, 0.3) is 10.9 Å². The number of aliphatic carboxylic acids is 1. The van der Waals surface area contributed by atoms with E-state index in [1.807, 2.05) is 30.3 Å². The molecule has 0 fully saturated rings. The third-order valence-electron chi connectivity index (χ3n) is 1.87. The zero-order valence-corrected chi connectivity index (χ0v) is 9.34. The second-order valence-corrected chi connectivity index (χ2v) is 3.32. The summed E-state index contributed by atoms with van der Waals surface area (Å²) >= 11 is 0. The summed E-state index contributed by atoms with van der Waals surface area (Å²) in [6.45, 7) is 1.08. The fraction of sp³-hybridized carbons (Fsp3) is 0.0833. The van der Waals surface area contributed by atoms with Crippen LogP contribution in [0.3, 0.4) is 0 Å². The standard InChI is InChI=1S/C10H9N3.C2H4O2/c11-10(12)9-6-5-7-3-1-2-4-8(7)13-9;1-2(3)4/h1-6H,(H3,11,12);1H3,(H,3,4). The summed E-state index contributed by atoms with van der Waals surface area (Å²) in [5.41, 5.74) is 6.72. The van der Waals surface area contributed by atoms with E-state index < -0.39 is 5.97 Å². The van der Waals surface area contributed by atoms with Crippen molar-refractivity contribution in [2.24, 2.45) is 5.73 Å². The van der Waals surface area contributed by atoms with Crippen molar-refractivity contribution in [3.63, 3.8) is 0 Å². The smallest absolute Gasteiger partial charge is 0.300 e. The van der Waals surface area contributed by atoms with Gasteiger partial charge in [-0.2, -0.15) is 0 Å². The topological polar surface area (TPSA) is 100 Å². The quantitative estimate of drug-likeness (QED) is 0.512. The molecule has 2 aromatic rings. The molecule has 0 bridgehead atoms. The minimum absolute atomic E-state index is 0.00533. The SMILES string of the molecule is CC(=O)O.N=C(N)c1ccc2ccccc2n1. The number of hydrogen-bond donors (Lipinski definition) is 3. The van der Waals surface area contributed by atoms with Crippen molar-refractivity contribution in [1.82, 2.24) is 4.98 Å².